The first-order valence-electron chi connectivity index (χ1n) is 11.1. The van der Waals surface area contributed by atoms with Crippen LogP contribution in [0.1, 0.15) is 12.5 Å². The molecule has 33 heavy (non-hydrogen) atoms. The summed E-state index contributed by atoms with van der Waals surface area (Å²) < 4.78 is 5.46. The normalized spacial score (nSPS) is 16.2. The van der Waals surface area contributed by atoms with Gasteiger partial charge in [-0.25, -0.2) is 4.79 Å². The Morgan fingerprint density at radius 2 is 1.64 bits per heavy atom. The summed E-state index contributed by atoms with van der Waals surface area (Å²) in [5.41, 5.74) is 0.0814. The van der Waals surface area contributed by atoms with E-state index in [1.807, 2.05) is 65.6 Å². The first-order chi connectivity index (χ1) is 15.9. The third-order valence-electron chi connectivity index (χ3n) is 6.31. The molecule has 1 saturated heterocycles. The quantitative estimate of drug-likeness (QED) is 0.579. The van der Waals surface area contributed by atoms with E-state index < -0.39 is 11.5 Å². The lowest BCUT2D eigenvalue weighted by molar-refractivity contribution is -0.147. The molecule has 7 heteroatoms. The Morgan fingerprint density at radius 3 is 2.36 bits per heavy atom. The lowest BCUT2D eigenvalue weighted by atomic mass is 9.87. The minimum absolute atomic E-state index is 0.146. The minimum atomic E-state index is -1.53. The predicted molar refractivity (Wildman–Crippen MR) is 129 cm³/mol. The Labute approximate surface area is 193 Å². The van der Waals surface area contributed by atoms with Gasteiger partial charge in [-0.15, -0.1) is 0 Å². The molecule has 0 spiro atoms. The summed E-state index contributed by atoms with van der Waals surface area (Å²) in [5.74, 6) is -0.567. The third-order valence-corrected chi connectivity index (χ3v) is 6.31. The van der Waals surface area contributed by atoms with Gasteiger partial charge >= 0.3 is 5.97 Å². The van der Waals surface area contributed by atoms with Crippen LogP contribution in [-0.4, -0.2) is 61.7 Å². The number of anilines is 1. The standard InChI is InChI=1S/C26H29N3O4/c1-26(25(31)32,21-11-7-9-19-8-3-4-10-20(19)21)27-24(30)18-28-14-16-29(17-15-28)22-12-5-6-13-23(22)33-2/h3-13H,14-18H2,1-2H3,(H,27,30)(H,31,32)/t26-/m1/s1. The summed E-state index contributed by atoms with van der Waals surface area (Å²) in [6, 6.07) is 21.0. The number of hydrogen-bond donors (Lipinski definition) is 2. The van der Waals surface area contributed by atoms with E-state index in [1.165, 1.54) is 0 Å². The lowest BCUT2D eigenvalue weighted by Crippen LogP contribution is -2.54. The molecule has 0 unspecified atom stereocenters. The smallest absolute Gasteiger partial charge is 0.333 e. The second-order valence-corrected chi connectivity index (χ2v) is 8.44. The molecule has 0 saturated carbocycles. The molecule has 0 bridgehead atoms. The number of aliphatic carboxylic acids is 1. The fraction of sp³-hybridized carbons (Fsp3) is 0.308. The number of carbonyl (C=O) groups excluding carboxylic acids is 1. The van der Waals surface area contributed by atoms with E-state index in [4.69, 9.17) is 4.74 Å². The molecule has 0 radical (unpaired) electrons. The highest BCUT2D eigenvalue weighted by Gasteiger charge is 2.38. The van der Waals surface area contributed by atoms with Crippen molar-refractivity contribution in [2.45, 2.75) is 12.5 Å². The van der Waals surface area contributed by atoms with Crippen LogP contribution in [0, 0.1) is 0 Å². The third kappa shape index (κ3) is 4.64. The van der Waals surface area contributed by atoms with Crippen LogP contribution in [-0.2, 0) is 15.1 Å². The van der Waals surface area contributed by atoms with Crippen molar-refractivity contribution in [1.82, 2.24) is 10.2 Å². The Morgan fingerprint density at radius 1 is 0.970 bits per heavy atom. The summed E-state index contributed by atoms with van der Waals surface area (Å²) in [6.45, 7) is 4.61. The number of carboxylic acid groups (broad SMARTS) is 1. The Kier molecular flexibility index (Phi) is 6.51. The highest BCUT2D eigenvalue weighted by Crippen LogP contribution is 2.30. The van der Waals surface area contributed by atoms with Gasteiger partial charge in [0.25, 0.3) is 0 Å². The summed E-state index contributed by atoms with van der Waals surface area (Å²) >= 11 is 0. The largest absolute Gasteiger partial charge is 0.495 e. The molecule has 1 aliphatic heterocycles. The molecule has 0 aliphatic carbocycles. The number of benzene rings is 3. The summed E-state index contributed by atoms with van der Waals surface area (Å²) in [4.78, 5) is 29.5. The number of ether oxygens (including phenoxy) is 1. The molecule has 2 N–H and O–H groups in total. The molecule has 1 amide bonds. The molecule has 7 nitrogen and oxygen atoms in total. The SMILES string of the molecule is COc1ccccc1N1CCN(CC(=O)N[C@@](C)(C(=O)O)c2cccc3ccccc23)CC1. The van der Waals surface area contributed by atoms with E-state index in [0.29, 0.717) is 18.7 Å². The van der Waals surface area contributed by atoms with Gasteiger partial charge in [-0.3, -0.25) is 9.69 Å². The molecule has 1 fully saturated rings. The summed E-state index contributed by atoms with van der Waals surface area (Å²) in [6.07, 6.45) is 0. The molecular weight excluding hydrogens is 418 g/mol. The molecule has 0 aromatic heterocycles. The van der Waals surface area contributed by atoms with Gasteiger partial charge < -0.3 is 20.1 Å². The zero-order chi connectivity index (χ0) is 23.4. The monoisotopic (exact) mass is 447 g/mol. The number of piperazine rings is 1. The minimum Gasteiger partial charge on any atom is -0.495 e. The van der Waals surface area contributed by atoms with E-state index in [2.05, 4.69) is 10.2 Å². The van der Waals surface area contributed by atoms with Crippen LogP contribution in [0.15, 0.2) is 66.7 Å². The van der Waals surface area contributed by atoms with Crippen molar-refractivity contribution >= 4 is 28.3 Å². The van der Waals surface area contributed by atoms with Gasteiger partial charge in [0.2, 0.25) is 5.91 Å². The lowest BCUT2D eigenvalue weighted by Gasteiger charge is -2.37. The van der Waals surface area contributed by atoms with Gasteiger partial charge in [0.1, 0.15) is 5.75 Å². The maximum absolute atomic E-state index is 12.9. The number of rotatable bonds is 7. The van der Waals surface area contributed by atoms with Crippen molar-refractivity contribution < 1.29 is 19.4 Å². The van der Waals surface area contributed by atoms with Crippen LogP contribution >= 0.6 is 0 Å². The van der Waals surface area contributed by atoms with E-state index in [9.17, 15) is 14.7 Å². The Hall–Kier alpha value is -3.58. The van der Waals surface area contributed by atoms with Crippen molar-refractivity contribution in [2.75, 3.05) is 44.7 Å². The van der Waals surface area contributed by atoms with Crippen molar-refractivity contribution in [3.63, 3.8) is 0 Å². The summed E-state index contributed by atoms with van der Waals surface area (Å²) in [7, 11) is 1.66. The zero-order valence-electron chi connectivity index (χ0n) is 19.0. The fourth-order valence-electron chi connectivity index (χ4n) is 4.46. The van der Waals surface area contributed by atoms with Gasteiger partial charge in [0.05, 0.1) is 19.3 Å². The zero-order valence-corrected chi connectivity index (χ0v) is 19.0. The second-order valence-electron chi connectivity index (χ2n) is 8.44. The van der Waals surface area contributed by atoms with E-state index in [-0.39, 0.29) is 12.5 Å². The van der Waals surface area contributed by atoms with E-state index in [0.717, 1.165) is 35.3 Å². The van der Waals surface area contributed by atoms with Gasteiger partial charge in [0, 0.05) is 26.2 Å². The van der Waals surface area contributed by atoms with Gasteiger partial charge in [0.15, 0.2) is 5.54 Å². The Bertz CT molecular complexity index is 1150. The molecule has 4 rings (SSSR count). The average molecular weight is 448 g/mol. The molecule has 1 heterocycles. The molecule has 3 aromatic carbocycles. The van der Waals surface area contributed by atoms with Crippen molar-refractivity contribution in [3.05, 3.63) is 72.3 Å². The van der Waals surface area contributed by atoms with E-state index in [1.54, 1.807) is 20.1 Å². The van der Waals surface area contributed by atoms with Crippen LogP contribution in [0.4, 0.5) is 5.69 Å². The Balaban J connectivity index is 1.44. The molecule has 3 aromatic rings. The topological polar surface area (TPSA) is 82.1 Å². The maximum Gasteiger partial charge on any atom is 0.333 e. The maximum atomic E-state index is 12.9. The molecule has 1 aliphatic rings. The molecule has 172 valence electrons. The number of hydrogen-bond acceptors (Lipinski definition) is 5. The van der Waals surface area contributed by atoms with Crippen molar-refractivity contribution in [1.29, 1.82) is 0 Å². The van der Waals surface area contributed by atoms with Crippen LogP contribution in [0.3, 0.4) is 0 Å². The first-order valence-corrected chi connectivity index (χ1v) is 11.1. The molecular formula is C26H29N3O4. The van der Waals surface area contributed by atoms with Crippen LogP contribution in [0.2, 0.25) is 0 Å². The fourth-order valence-corrected chi connectivity index (χ4v) is 4.46. The van der Waals surface area contributed by atoms with Crippen LogP contribution in [0.25, 0.3) is 10.8 Å². The highest BCUT2D eigenvalue weighted by molar-refractivity contribution is 5.95. The first kappa shape index (κ1) is 22.6. The number of para-hydroxylation sites is 2. The number of carbonyl (C=O) groups is 2. The predicted octanol–water partition coefficient (Wildman–Crippen LogP) is 3.09. The van der Waals surface area contributed by atoms with E-state index >= 15 is 0 Å². The van der Waals surface area contributed by atoms with Crippen LogP contribution < -0.4 is 15.0 Å². The van der Waals surface area contributed by atoms with Gasteiger partial charge in [-0.2, -0.15) is 0 Å². The number of methoxy groups -OCH3 is 1. The van der Waals surface area contributed by atoms with Gasteiger partial charge in [-0.05, 0) is 35.4 Å². The summed E-state index contributed by atoms with van der Waals surface area (Å²) in [5, 5.41) is 14.6. The van der Waals surface area contributed by atoms with Gasteiger partial charge in [-0.1, -0.05) is 54.6 Å². The van der Waals surface area contributed by atoms with Crippen molar-refractivity contribution in [2.24, 2.45) is 0 Å². The second kappa shape index (κ2) is 9.50. The number of fused-ring (bicyclic) bond motifs is 1. The molecule has 1 atom stereocenters. The number of amides is 1. The average Bonchev–Trinajstić information content (AvgIpc) is 2.84. The van der Waals surface area contributed by atoms with Crippen LogP contribution in [0.5, 0.6) is 5.75 Å². The number of nitrogens with one attached hydrogen (secondary N) is 1. The number of carboxylic acids is 1. The number of nitrogens with zero attached hydrogens (tertiary/aromatic N) is 2. The highest BCUT2D eigenvalue weighted by atomic mass is 16.5. The van der Waals surface area contributed by atoms with Crippen molar-refractivity contribution in [3.8, 4) is 5.75 Å².